The molecule has 0 spiro atoms. The number of aryl methyl sites for hydroxylation is 1. The molecule has 0 amide bonds. The van der Waals surface area contributed by atoms with Crippen molar-refractivity contribution in [2.45, 2.75) is 12.2 Å². The van der Waals surface area contributed by atoms with E-state index in [9.17, 15) is 10.2 Å². The predicted octanol–water partition coefficient (Wildman–Crippen LogP) is -1.04. The first-order valence-electron chi connectivity index (χ1n) is 4.27. The lowest BCUT2D eigenvalue weighted by Gasteiger charge is -2.15. The maximum Gasteiger partial charge on any atom is 0.205 e. The summed E-state index contributed by atoms with van der Waals surface area (Å²) in [6.45, 7) is 0.901. The van der Waals surface area contributed by atoms with Crippen molar-refractivity contribution in [3.05, 3.63) is 12.4 Å². The molecule has 0 saturated carbocycles. The summed E-state index contributed by atoms with van der Waals surface area (Å²) in [5.74, 6) is 0.788. The molecule has 13 heavy (non-hydrogen) atoms. The number of β-amino-alcohol motifs (C(OH)–C–C–N with tert-alkyl or cyclic N) is 2. The zero-order valence-corrected chi connectivity index (χ0v) is 7.46. The van der Waals surface area contributed by atoms with Crippen LogP contribution in [0.5, 0.6) is 0 Å². The van der Waals surface area contributed by atoms with Crippen molar-refractivity contribution in [2.24, 2.45) is 7.05 Å². The molecule has 2 atom stereocenters. The Morgan fingerprint density at radius 3 is 2.46 bits per heavy atom. The lowest BCUT2D eigenvalue weighted by Crippen LogP contribution is -2.24. The van der Waals surface area contributed by atoms with Gasteiger partial charge in [0, 0.05) is 32.5 Å². The van der Waals surface area contributed by atoms with Crippen molar-refractivity contribution in [3.8, 4) is 0 Å². The van der Waals surface area contributed by atoms with Crippen LogP contribution in [-0.4, -0.2) is 45.1 Å². The first-order valence-corrected chi connectivity index (χ1v) is 4.27. The Kier molecular flexibility index (Phi) is 1.97. The van der Waals surface area contributed by atoms with Crippen LogP contribution in [0.3, 0.4) is 0 Å². The zero-order chi connectivity index (χ0) is 9.42. The van der Waals surface area contributed by atoms with Crippen LogP contribution in [0.25, 0.3) is 0 Å². The van der Waals surface area contributed by atoms with Gasteiger partial charge in [0.1, 0.15) is 0 Å². The van der Waals surface area contributed by atoms with Gasteiger partial charge in [-0.1, -0.05) is 0 Å². The van der Waals surface area contributed by atoms with Crippen LogP contribution in [0.4, 0.5) is 5.95 Å². The summed E-state index contributed by atoms with van der Waals surface area (Å²) in [5, 5.41) is 18.7. The highest BCUT2D eigenvalue weighted by Gasteiger charge is 2.31. The van der Waals surface area contributed by atoms with Crippen molar-refractivity contribution in [3.63, 3.8) is 0 Å². The Bertz CT molecular complexity index is 289. The molecule has 2 rings (SSSR count). The highest BCUT2D eigenvalue weighted by Crippen LogP contribution is 2.17. The molecule has 5 nitrogen and oxygen atoms in total. The fraction of sp³-hybridized carbons (Fsp3) is 0.625. The molecule has 1 fully saturated rings. The molecular formula is C8H13N3O2. The summed E-state index contributed by atoms with van der Waals surface area (Å²) in [4.78, 5) is 6.00. The van der Waals surface area contributed by atoms with Gasteiger partial charge in [-0.15, -0.1) is 0 Å². The van der Waals surface area contributed by atoms with E-state index in [1.807, 2.05) is 22.7 Å². The highest BCUT2D eigenvalue weighted by molar-refractivity contribution is 5.33. The van der Waals surface area contributed by atoms with Gasteiger partial charge in [0.15, 0.2) is 0 Å². The molecule has 2 heterocycles. The number of rotatable bonds is 1. The van der Waals surface area contributed by atoms with Crippen LogP contribution in [0.15, 0.2) is 12.4 Å². The number of imidazole rings is 1. The number of hydrogen-bond acceptors (Lipinski definition) is 4. The number of nitrogens with zero attached hydrogens (tertiary/aromatic N) is 3. The number of aliphatic hydroxyl groups is 2. The Morgan fingerprint density at radius 1 is 1.38 bits per heavy atom. The molecule has 0 bridgehead atoms. The van der Waals surface area contributed by atoms with Gasteiger partial charge >= 0.3 is 0 Å². The van der Waals surface area contributed by atoms with Gasteiger partial charge in [-0.3, -0.25) is 0 Å². The van der Waals surface area contributed by atoms with E-state index in [4.69, 9.17) is 0 Å². The monoisotopic (exact) mass is 183 g/mol. The predicted molar refractivity (Wildman–Crippen MR) is 47.4 cm³/mol. The van der Waals surface area contributed by atoms with Gasteiger partial charge < -0.3 is 19.7 Å². The van der Waals surface area contributed by atoms with E-state index in [0.717, 1.165) is 5.95 Å². The minimum absolute atomic E-state index is 0.450. The second-order valence-corrected chi connectivity index (χ2v) is 3.38. The third-order valence-corrected chi connectivity index (χ3v) is 2.34. The van der Waals surface area contributed by atoms with E-state index in [1.165, 1.54) is 0 Å². The van der Waals surface area contributed by atoms with E-state index >= 15 is 0 Å². The molecule has 72 valence electrons. The molecule has 1 aliphatic heterocycles. The van der Waals surface area contributed by atoms with Crippen LogP contribution >= 0.6 is 0 Å². The molecule has 1 aromatic heterocycles. The second-order valence-electron chi connectivity index (χ2n) is 3.38. The van der Waals surface area contributed by atoms with Crippen molar-refractivity contribution < 1.29 is 10.2 Å². The standard InChI is InChI=1S/C8H13N3O2/c1-10-3-2-9-8(10)11-4-6(12)7(13)5-11/h2-3,6-7,12-13H,4-5H2,1H3. The largest absolute Gasteiger partial charge is 0.388 e. The summed E-state index contributed by atoms with van der Waals surface area (Å²) in [7, 11) is 1.89. The topological polar surface area (TPSA) is 61.5 Å². The maximum atomic E-state index is 9.33. The van der Waals surface area contributed by atoms with Crippen LogP contribution < -0.4 is 4.90 Å². The summed E-state index contributed by atoms with van der Waals surface area (Å²) in [5.41, 5.74) is 0. The van der Waals surface area contributed by atoms with Gasteiger partial charge in [0.25, 0.3) is 0 Å². The van der Waals surface area contributed by atoms with Crippen LogP contribution in [0.2, 0.25) is 0 Å². The van der Waals surface area contributed by atoms with E-state index in [0.29, 0.717) is 13.1 Å². The maximum absolute atomic E-state index is 9.33. The van der Waals surface area contributed by atoms with Crippen LogP contribution in [0, 0.1) is 0 Å². The molecular weight excluding hydrogens is 170 g/mol. The SMILES string of the molecule is Cn1ccnc1N1CC(O)C(O)C1. The van der Waals surface area contributed by atoms with E-state index in [-0.39, 0.29) is 0 Å². The molecule has 5 heteroatoms. The van der Waals surface area contributed by atoms with Gasteiger partial charge in [-0.2, -0.15) is 0 Å². The molecule has 0 aliphatic carbocycles. The second kappa shape index (κ2) is 3.01. The summed E-state index contributed by atoms with van der Waals surface area (Å²) in [6, 6.07) is 0. The van der Waals surface area contributed by atoms with Crippen LogP contribution in [0.1, 0.15) is 0 Å². The highest BCUT2D eigenvalue weighted by atomic mass is 16.3. The van der Waals surface area contributed by atoms with Gasteiger partial charge in [-0.05, 0) is 0 Å². The minimum Gasteiger partial charge on any atom is -0.388 e. The Labute approximate surface area is 76.2 Å². The first-order chi connectivity index (χ1) is 6.18. The summed E-state index contributed by atoms with van der Waals surface area (Å²) in [6.07, 6.45) is 2.23. The molecule has 1 aliphatic rings. The Balaban J connectivity index is 2.16. The van der Waals surface area contributed by atoms with Gasteiger partial charge in [0.05, 0.1) is 12.2 Å². The van der Waals surface area contributed by atoms with Crippen LogP contribution in [-0.2, 0) is 7.05 Å². The third-order valence-electron chi connectivity index (χ3n) is 2.34. The normalized spacial score (nSPS) is 28.4. The number of aromatic nitrogens is 2. The van der Waals surface area contributed by atoms with Crippen molar-refractivity contribution in [2.75, 3.05) is 18.0 Å². The van der Waals surface area contributed by atoms with Crippen molar-refractivity contribution in [1.82, 2.24) is 9.55 Å². The van der Waals surface area contributed by atoms with Gasteiger partial charge in [0.2, 0.25) is 5.95 Å². The van der Waals surface area contributed by atoms with E-state index in [2.05, 4.69) is 4.98 Å². The fourth-order valence-electron chi connectivity index (χ4n) is 1.60. The number of aliphatic hydroxyl groups excluding tert-OH is 2. The van der Waals surface area contributed by atoms with Gasteiger partial charge in [-0.25, -0.2) is 4.98 Å². The average Bonchev–Trinajstić information content (AvgIpc) is 2.60. The first kappa shape index (κ1) is 8.52. The zero-order valence-electron chi connectivity index (χ0n) is 7.46. The molecule has 1 saturated heterocycles. The number of hydrogen-bond donors (Lipinski definition) is 2. The summed E-state index contributed by atoms with van der Waals surface area (Å²) < 4.78 is 1.87. The number of anilines is 1. The molecule has 0 radical (unpaired) electrons. The fourth-order valence-corrected chi connectivity index (χ4v) is 1.60. The Morgan fingerprint density at radius 2 is 2.00 bits per heavy atom. The van der Waals surface area contributed by atoms with Crippen molar-refractivity contribution in [1.29, 1.82) is 0 Å². The molecule has 0 aromatic carbocycles. The molecule has 2 unspecified atom stereocenters. The average molecular weight is 183 g/mol. The Hall–Kier alpha value is -1.07. The minimum atomic E-state index is -0.656. The quantitative estimate of drug-likeness (QED) is 0.584. The molecule has 2 N–H and O–H groups in total. The smallest absolute Gasteiger partial charge is 0.205 e. The van der Waals surface area contributed by atoms with E-state index < -0.39 is 12.2 Å². The van der Waals surface area contributed by atoms with E-state index in [1.54, 1.807) is 6.20 Å². The lowest BCUT2D eigenvalue weighted by molar-refractivity contribution is 0.0572. The van der Waals surface area contributed by atoms with Crippen molar-refractivity contribution >= 4 is 5.95 Å². The third kappa shape index (κ3) is 1.40. The summed E-state index contributed by atoms with van der Waals surface area (Å²) >= 11 is 0. The molecule has 1 aromatic rings. The lowest BCUT2D eigenvalue weighted by atomic mass is 10.3.